The first kappa shape index (κ1) is 16.6. The maximum atomic E-state index is 5.94. The normalized spacial score (nSPS) is 21.9. The Morgan fingerprint density at radius 3 is 2.96 bits per heavy atom. The number of hydrogen-bond acceptors (Lipinski definition) is 5. The van der Waals surface area contributed by atoms with E-state index in [-0.39, 0.29) is 11.5 Å². The van der Waals surface area contributed by atoms with E-state index in [1.807, 2.05) is 12.4 Å². The molecule has 23 heavy (non-hydrogen) atoms. The fraction of sp³-hybridized carbons (Fsp3) is 0.647. The first-order chi connectivity index (χ1) is 11.0. The maximum absolute atomic E-state index is 5.94. The van der Waals surface area contributed by atoms with Crippen LogP contribution in [-0.4, -0.2) is 27.2 Å². The van der Waals surface area contributed by atoms with Crippen molar-refractivity contribution in [3.8, 4) is 0 Å². The van der Waals surface area contributed by atoms with Crippen molar-refractivity contribution in [2.24, 2.45) is 0 Å². The average molecular weight is 334 g/mol. The molecule has 3 heterocycles. The molecule has 2 aromatic heterocycles. The lowest BCUT2D eigenvalue weighted by molar-refractivity contribution is 0.0885. The highest BCUT2D eigenvalue weighted by atomic mass is 32.1. The Morgan fingerprint density at radius 1 is 1.43 bits per heavy atom. The van der Waals surface area contributed by atoms with Gasteiger partial charge < -0.3 is 14.6 Å². The summed E-state index contributed by atoms with van der Waals surface area (Å²) < 4.78 is 8.09. The Bertz CT molecular complexity index is 643. The maximum Gasteiger partial charge on any atom is 0.139 e. The quantitative estimate of drug-likeness (QED) is 0.912. The summed E-state index contributed by atoms with van der Waals surface area (Å²) in [7, 11) is 0. The number of thiazole rings is 1. The van der Waals surface area contributed by atoms with Gasteiger partial charge in [-0.15, -0.1) is 11.3 Å². The highest BCUT2D eigenvalue weighted by Gasteiger charge is 2.32. The second-order valence-electron chi connectivity index (χ2n) is 7.03. The molecular weight excluding hydrogens is 308 g/mol. The molecule has 0 saturated carbocycles. The molecule has 0 radical (unpaired) electrons. The van der Waals surface area contributed by atoms with Crippen LogP contribution in [0.2, 0.25) is 0 Å². The summed E-state index contributed by atoms with van der Waals surface area (Å²) in [5, 5.41) is 6.97. The second kappa shape index (κ2) is 6.71. The number of nitrogens with zero attached hydrogens (tertiary/aromatic N) is 3. The van der Waals surface area contributed by atoms with E-state index >= 15 is 0 Å². The number of ether oxygens (including phenoxy) is 1. The van der Waals surface area contributed by atoms with Crippen LogP contribution in [0.15, 0.2) is 17.8 Å². The van der Waals surface area contributed by atoms with Crippen LogP contribution >= 0.6 is 11.3 Å². The Kier molecular flexibility index (Phi) is 4.85. The van der Waals surface area contributed by atoms with Gasteiger partial charge in [0.2, 0.25) is 0 Å². The fourth-order valence-corrected chi connectivity index (χ4v) is 3.77. The van der Waals surface area contributed by atoms with Gasteiger partial charge in [0.05, 0.1) is 10.7 Å². The van der Waals surface area contributed by atoms with E-state index in [2.05, 4.69) is 47.9 Å². The summed E-state index contributed by atoms with van der Waals surface area (Å²) >= 11 is 1.74. The minimum Gasteiger partial charge on any atom is -0.369 e. The largest absolute Gasteiger partial charge is 0.369 e. The van der Waals surface area contributed by atoms with Crippen molar-refractivity contribution in [3.05, 3.63) is 34.3 Å². The van der Waals surface area contributed by atoms with E-state index in [1.165, 1.54) is 5.01 Å². The molecule has 2 aromatic rings. The molecule has 0 amide bonds. The smallest absolute Gasteiger partial charge is 0.139 e. The van der Waals surface area contributed by atoms with Gasteiger partial charge in [-0.1, -0.05) is 20.8 Å². The Hall–Kier alpha value is -1.24. The van der Waals surface area contributed by atoms with Crippen molar-refractivity contribution in [2.45, 2.75) is 64.8 Å². The molecule has 1 aliphatic rings. The van der Waals surface area contributed by atoms with Crippen molar-refractivity contribution in [1.29, 1.82) is 0 Å². The number of hydrogen-bond donors (Lipinski definition) is 1. The van der Waals surface area contributed by atoms with Crippen LogP contribution in [0.3, 0.4) is 0 Å². The summed E-state index contributed by atoms with van der Waals surface area (Å²) in [6.45, 7) is 11.2. The number of rotatable bonds is 5. The molecule has 126 valence electrons. The summed E-state index contributed by atoms with van der Waals surface area (Å²) in [5.41, 5.74) is 1.23. The van der Waals surface area contributed by atoms with E-state index in [1.54, 1.807) is 11.3 Å². The van der Waals surface area contributed by atoms with Crippen LogP contribution in [0.25, 0.3) is 0 Å². The molecule has 0 aromatic carbocycles. The molecule has 5 nitrogen and oxygen atoms in total. The summed E-state index contributed by atoms with van der Waals surface area (Å²) in [5.74, 6) is 1.02. The molecule has 2 atom stereocenters. The fourth-order valence-electron chi connectivity index (χ4n) is 2.87. The van der Waals surface area contributed by atoms with Gasteiger partial charge in [0, 0.05) is 48.9 Å². The highest BCUT2D eigenvalue weighted by molar-refractivity contribution is 7.09. The number of aromatic nitrogens is 3. The van der Waals surface area contributed by atoms with Crippen LogP contribution in [-0.2, 0) is 23.2 Å². The average Bonchev–Trinajstić information content (AvgIpc) is 3.23. The Morgan fingerprint density at radius 2 is 2.26 bits per heavy atom. The van der Waals surface area contributed by atoms with E-state index < -0.39 is 0 Å². The zero-order valence-electron chi connectivity index (χ0n) is 14.4. The Balaban J connectivity index is 1.64. The van der Waals surface area contributed by atoms with Crippen LogP contribution in [0.5, 0.6) is 0 Å². The van der Waals surface area contributed by atoms with Gasteiger partial charge in [0.25, 0.3) is 0 Å². The van der Waals surface area contributed by atoms with Crippen LogP contribution in [0, 0.1) is 0 Å². The van der Waals surface area contributed by atoms with E-state index in [4.69, 9.17) is 9.72 Å². The van der Waals surface area contributed by atoms with Crippen LogP contribution < -0.4 is 5.32 Å². The van der Waals surface area contributed by atoms with Crippen molar-refractivity contribution in [1.82, 2.24) is 19.9 Å². The molecule has 1 N–H and O–H groups in total. The van der Waals surface area contributed by atoms with Crippen molar-refractivity contribution >= 4 is 11.3 Å². The van der Waals surface area contributed by atoms with E-state index in [0.29, 0.717) is 6.04 Å². The predicted molar refractivity (Wildman–Crippen MR) is 92.7 cm³/mol. The van der Waals surface area contributed by atoms with Crippen molar-refractivity contribution in [2.75, 3.05) is 6.61 Å². The van der Waals surface area contributed by atoms with Gasteiger partial charge in [0.1, 0.15) is 11.9 Å². The molecular formula is C17H26N4OS. The van der Waals surface area contributed by atoms with E-state index in [0.717, 1.165) is 37.6 Å². The molecule has 0 bridgehead atoms. The molecule has 1 aliphatic heterocycles. The van der Waals surface area contributed by atoms with Crippen molar-refractivity contribution in [3.63, 3.8) is 0 Å². The number of imidazole rings is 1. The molecule has 1 fully saturated rings. The highest BCUT2D eigenvalue weighted by Crippen LogP contribution is 2.29. The molecule has 0 aliphatic carbocycles. The molecule has 0 unspecified atom stereocenters. The lowest BCUT2D eigenvalue weighted by atomic mass is 9.98. The van der Waals surface area contributed by atoms with Gasteiger partial charge >= 0.3 is 0 Å². The topological polar surface area (TPSA) is 52.0 Å². The first-order valence-corrected chi connectivity index (χ1v) is 9.18. The first-order valence-electron chi connectivity index (χ1n) is 8.30. The summed E-state index contributed by atoms with van der Waals surface area (Å²) in [6.07, 6.45) is 4.92. The monoisotopic (exact) mass is 334 g/mol. The Labute approximate surface area is 142 Å². The zero-order valence-corrected chi connectivity index (χ0v) is 15.2. The molecule has 1 saturated heterocycles. The third-order valence-corrected chi connectivity index (χ3v) is 5.49. The molecule has 6 heteroatoms. The minimum atomic E-state index is 0.0330. The third kappa shape index (κ3) is 3.65. The molecule has 0 spiro atoms. The summed E-state index contributed by atoms with van der Waals surface area (Å²) in [6, 6.07) is 0.294. The molecule has 3 rings (SSSR count). The number of aryl methyl sites for hydroxylation is 1. The van der Waals surface area contributed by atoms with Gasteiger partial charge in [0.15, 0.2) is 0 Å². The van der Waals surface area contributed by atoms with E-state index in [9.17, 15) is 0 Å². The van der Waals surface area contributed by atoms with Gasteiger partial charge in [-0.05, 0) is 13.3 Å². The summed E-state index contributed by atoms with van der Waals surface area (Å²) in [4.78, 5) is 9.25. The van der Waals surface area contributed by atoms with Gasteiger partial charge in [-0.25, -0.2) is 9.97 Å². The van der Waals surface area contributed by atoms with Gasteiger partial charge in [-0.3, -0.25) is 0 Å². The predicted octanol–water partition coefficient (Wildman–Crippen LogP) is 3.28. The standard InChI is InChI=1S/C17H26N4OS/c1-5-21-8-7-18-15(21)14-13(6-9-22-14)19-10-12-11-23-16(20-12)17(2,3)4/h7-8,11,13-14,19H,5-6,9-10H2,1-4H3/t13-,14-/m0/s1. The third-order valence-electron chi connectivity index (χ3n) is 4.17. The SMILES string of the molecule is CCn1ccnc1[C@H]1OCC[C@@H]1NCc1csc(C(C)(C)C)n1. The van der Waals surface area contributed by atoms with Crippen molar-refractivity contribution < 1.29 is 4.74 Å². The van der Waals surface area contributed by atoms with Crippen LogP contribution in [0.1, 0.15) is 56.7 Å². The lowest BCUT2D eigenvalue weighted by Crippen LogP contribution is -2.32. The number of nitrogens with one attached hydrogen (secondary N) is 1. The lowest BCUT2D eigenvalue weighted by Gasteiger charge is -2.20. The van der Waals surface area contributed by atoms with Gasteiger partial charge in [-0.2, -0.15) is 0 Å². The second-order valence-corrected chi connectivity index (χ2v) is 7.89. The zero-order chi connectivity index (χ0) is 16.4. The minimum absolute atomic E-state index is 0.0330. The van der Waals surface area contributed by atoms with Crippen LogP contribution in [0.4, 0.5) is 0 Å².